The standard InChI is InChI=1S/C20H24FN5O2/c21-15-2-4-16(5-3-15)23-7-9-24(10-8-23)17-13-25(14-17)19(27)18-12-22-26-6-1-11-28-20(18)26/h2-5,12,17H,1,6-11,13-14H2. The van der Waals surface area contributed by atoms with Gasteiger partial charge >= 0.3 is 0 Å². The molecule has 0 radical (unpaired) electrons. The molecule has 0 bridgehead atoms. The minimum atomic E-state index is -0.202. The number of carbonyl (C=O) groups excluding carboxylic acids is 1. The highest BCUT2D eigenvalue weighted by molar-refractivity contribution is 5.96. The summed E-state index contributed by atoms with van der Waals surface area (Å²) >= 11 is 0. The molecular formula is C20H24FN5O2. The van der Waals surface area contributed by atoms with Gasteiger partial charge in [0.15, 0.2) is 0 Å². The first-order valence-corrected chi connectivity index (χ1v) is 9.91. The van der Waals surface area contributed by atoms with Gasteiger partial charge in [-0.25, -0.2) is 9.07 Å². The SMILES string of the molecule is O=C(c1cnn2c1OCCC2)N1CC(N2CCN(c3ccc(F)cc3)CC2)C1. The van der Waals surface area contributed by atoms with Gasteiger partial charge in [0.25, 0.3) is 5.91 Å². The van der Waals surface area contributed by atoms with Crippen molar-refractivity contribution >= 4 is 11.6 Å². The van der Waals surface area contributed by atoms with Crippen molar-refractivity contribution in [2.45, 2.75) is 19.0 Å². The number of benzene rings is 1. The maximum atomic E-state index is 13.1. The number of likely N-dealkylation sites (tertiary alicyclic amines) is 1. The fraction of sp³-hybridized carbons (Fsp3) is 0.500. The first kappa shape index (κ1) is 17.5. The Morgan fingerprint density at radius 2 is 1.82 bits per heavy atom. The van der Waals surface area contributed by atoms with E-state index in [4.69, 9.17) is 4.74 Å². The smallest absolute Gasteiger partial charge is 0.261 e. The molecule has 0 spiro atoms. The van der Waals surface area contributed by atoms with E-state index in [1.165, 1.54) is 12.1 Å². The van der Waals surface area contributed by atoms with Gasteiger partial charge in [0.1, 0.15) is 11.4 Å². The van der Waals surface area contributed by atoms with E-state index in [-0.39, 0.29) is 11.7 Å². The second kappa shape index (κ2) is 7.09. The van der Waals surface area contributed by atoms with Crippen LogP contribution < -0.4 is 9.64 Å². The maximum absolute atomic E-state index is 13.1. The van der Waals surface area contributed by atoms with Crippen LogP contribution in [0.1, 0.15) is 16.8 Å². The van der Waals surface area contributed by atoms with Gasteiger partial charge in [-0.15, -0.1) is 0 Å². The summed E-state index contributed by atoms with van der Waals surface area (Å²) in [6.45, 7) is 6.70. The van der Waals surface area contributed by atoms with Crippen molar-refractivity contribution in [2.24, 2.45) is 0 Å². The van der Waals surface area contributed by atoms with Gasteiger partial charge in [-0.05, 0) is 24.3 Å². The van der Waals surface area contributed by atoms with Crippen molar-refractivity contribution in [1.82, 2.24) is 19.6 Å². The van der Waals surface area contributed by atoms with E-state index in [0.29, 0.717) is 24.1 Å². The lowest BCUT2D eigenvalue weighted by Gasteiger charge is -2.48. The van der Waals surface area contributed by atoms with Crippen LogP contribution in [0.15, 0.2) is 30.5 Å². The number of aryl methyl sites for hydroxylation is 1. The summed E-state index contributed by atoms with van der Waals surface area (Å²) in [5.74, 6) is 0.434. The van der Waals surface area contributed by atoms with Gasteiger partial charge in [-0.1, -0.05) is 0 Å². The van der Waals surface area contributed by atoms with Crippen molar-refractivity contribution in [3.63, 3.8) is 0 Å². The molecule has 0 saturated carbocycles. The first-order valence-electron chi connectivity index (χ1n) is 9.91. The summed E-state index contributed by atoms with van der Waals surface area (Å²) in [7, 11) is 0. The number of fused-ring (bicyclic) bond motifs is 1. The molecule has 148 valence electrons. The Balaban J connectivity index is 1.14. The van der Waals surface area contributed by atoms with Crippen molar-refractivity contribution < 1.29 is 13.9 Å². The third-order valence-corrected chi connectivity index (χ3v) is 5.95. The van der Waals surface area contributed by atoms with E-state index in [1.54, 1.807) is 10.9 Å². The highest BCUT2D eigenvalue weighted by Crippen LogP contribution is 2.27. The quantitative estimate of drug-likeness (QED) is 0.801. The molecule has 0 unspecified atom stereocenters. The molecule has 7 nitrogen and oxygen atoms in total. The van der Waals surface area contributed by atoms with E-state index in [9.17, 15) is 9.18 Å². The van der Waals surface area contributed by atoms with Crippen LogP contribution in [0.2, 0.25) is 0 Å². The number of carbonyl (C=O) groups is 1. The molecule has 8 heteroatoms. The lowest BCUT2D eigenvalue weighted by Crippen LogP contribution is -2.64. The molecule has 2 saturated heterocycles. The van der Waals surface area contributed by atoms with Crippen molar-refractivity contribution in [2.75, 3.05) is 50.8 Å². The number of hydrogen-bond acceptors (Lipinski definition) is 5. The molecule has 1 amide bonds. The molecule has 5 rings (SSSR count). The Kier molecular flexibility index (Phi) is 4.43. The zero-order valence-corrected chi connectivity index (χ0v) is 15.8. The average Bonchev–Trinajstić information content (AvgIpc) is 3.12. The molecule has 0 N–H and O–H groups in total. The molecule has 0 atom stereocenters. The van der Waals surface area contributed by atoms with Crippen LogP contribution in [0.5, 0.6) is 5.88 Å². The first-order chi connectivity index (χ1) is 13.7. The van der Waals surface area contributed by atoms with Crippen molar-refractivity contribution in [1.29, 1.82) is 0 Å². The largest absolute Gasteiger partial charge is 0.477 e. The second-order valence-electron chi connectivity index (χ2n) is 7.65. The monoisotopic (exact) mass is 385 g/mol. The average molecular weight is 385 g/mol. The number of rotatable bonds is 3. The van der Waals surface area contributed by atoms with Gasteiger partial charge in [-0.2, -0.15) is 5.10 Å². The van der Waals surface area contributed by atoms with Gasteiger partial charge < -0.3 is 14.5 Å². The number of halogens is 1. The lowest BCUT2D eigenvalue weighted by molar-refractivity contribution is 0.0243. The Morgan fingerprint density at radius 1 is 1.07 bits per heavy atom. The minimum Gasteiger partial charge on any atom is -0.477 e. The summed E-state index contributed by atoms with van der Waals surface area (Å²) in [5.41, 5.74) is 1.65. The third kappa shape index (κ3) is 3.11. The topological polar surface area (TPSA) is 53.8 Å². The van der Waals surface area contributed by atoms with Crippen LogP contribution in [-0.2, 0) is 6.54 Å². The summed E-state index contributed by atoms with van der Waals surface area (Å²) in [5, 5.41) is 4.27. The second-order valence-corrected chi connectivity index (χ2v) is 7.65. The molecule has 2 aromatic rings. The number of piperazine rings is 1. The number of hydrogen-bond donors (Lipinski definition) is 0. The minimum absolute atomic E-state index is 0.0179. The summed E-state index contributed by atoms with van der Waals surface area (Å²) < 4.78 is 20.5. The van der Waals surface area contributed by atoms with Crippen LogP contribution in [-0.4, -0.2) is 77.4 Å². The van der Waals surface area contributed by atoms with Gasteiger partial charge in [0.05, 0.1) is 12.8 Å². The number of anilines is 1. The highest BCUT2D eigenvalue weighted by atomic mass is 19.1. The molecule has 0 aliphatic carbocycles. The Bertz CT molecular complexity index is 854. The Labute approximate surface area is 163 Å². The summed E-state index contributed by atoms with van der Waals surface area (Å²) in [4.78, 5) is 19.4. The highest BCUT2D eigenvalue weighted by Gasteiger charge is 2.38. The summed E-state index contributed by atoms with van der Waals surface area (Å²) in [6.07, 6.45) is 2.57. The molecule has 2 fully saturated rings. The number of nitrogens with zero attached hydrogens (tertiary/aromatic N) is 5. The zero-order chi connectivity index (χ0) is 19.1. The summed E-state index contributed by atoms with van der Waals surface area (Å²) in [6, 6.07) is 7.10. The molecule has 1 aromatic carbocycles. The van der Waals surface area contributed by atoms with E-state index < -0.39 is 0 Å². The Morgan fingerprint density at radius 3 is 2.57 bits per heavy atom. The Hall–Kier alpha value is -2.61. The van der Waals surface area contributed by atoms with Crippen LogP contribution in [0.4, 0.5) is 10.1 Å². The van der Waals surface area contributed by atoms with E-state index in [1.807, 2.05) is 17.0 Å². The zero-order valence-electron chi connectivity index (χ0n) is 15.8. The predicted molar refractivity (Wildman–Crippen MR) is 102 cm³/mol. The van der Waals surface area contributed by atoms with E-state index >= 15 is 0 Å². The number of amides is 1. The fourth-order valence-electron chi connectivity index (χ4n) is 4.24. The number of ether oxygens (including phenoxy) is 1. The van der Waals surface area contributed by atoms with Crippen LogP contribution in [0, 0.1) is 5.82 Å². The third-order valence-electron chi connectivity index (χ3n) is 5.95. The fourth-order valence-corrected chi connectivity index (χ4v) is 4.24. The molecule has 4 heterocycles. The lowest BCUT2D eigenvalue weighted by atomic mass is 10.0. The predicted octanol–water partition coefficient (Wildman–Crippen LogP) is 1.45. The van der Waals surface area contributed by atoms with Crippen LogP contribution in [0.3, 0.4) is 0 Å². The molecular weight excluding hydrogens is 361 g/mol. The molecule has 3 aliphatic rings. The van der Waals surface area contributed by atoms with Crippen LogP contribution in [0.25, 0.3) is 0 Å². The van der Waals surface area contributed by atoms with Crippen molar-refractivity contribution in [3.8, 4) is 5.88 Å². The van der Waals surface area contributed by atoms with Gasteiger partial charge in [-0.3, -0.25) is 9.69 Å². The van der Waals surface area contributed by atoms with E-state index in [0.717, 1.165) is 57.9 Å². The molecule has 1 aromatic heterocycles. The van der Waals surface area contributed by atoms with Crippen molar-refractivity contribution in [3.05, 3.63) is 41.8 Å². The molecule has 3 aliphatic heterocycles. The van der Waals surface area contributed by atoms with Gasteiger partial charge in [0.2, 0.25) is 5.88 Å². The van der Waals surface area contributed by atoms with Gasteiger partial charge in [0, 0.05) is 64.0 Å². The molecule has 28 heavy (non-hydrogen) atoms. The van der Waals surface area contributed by atoms with Crippen LogP contribution >= 0.6 is 0 Å². The normalized spacial score (nSPS) is 20.5. The maximum Gasteiger partial charge on any atom is 0.261 e. The number of aromatic nitrogens is 2. The van der Waals surface area contributed by atoms with E-state index in [2.05, 4.69) is 14.9 Å².